The smallest absolute Gasteiger partial charge is 0.314 e. The lowest BCUT2D eigenvalue weighted by atomic mass is 9.48. The molecule has 4 rings (SSSR count). The highest BCUT2D eigenvalue weighted by Crippen LogP contribution is 2.63. The second-order valence-corrected chi connectivity index (χ2v) is 9.02. The predicted molar refractivity (Wildman–Crippen MR) is 97.2 cm³/mol. The average Bonchev–Trinajstić information content (AvgIpc) is 3.11. The Morgan fingerprint density at radius 2 is 2.15 bits per heavy atom. The molecule has 3 heterocycles. The Bertz CT molecular complexity index is 992. The van der Waals surface area contributed by atoms with Gasteiger partial charge in [0, 0.05) is 13.1 Å². The monoisotopic (exact) mass is 375 g/mol. The minimum absolute atomic E-state index is 0.00285. The zero-order valence-electron chi connectivity index (χ0n) is 15.2. The molecule has 138 valence electrons. The molecule has 2 atom stereocenters. The van der Waals surface area contributed by atoms with Gasteiger partial charge in [0.25, 0.3) is 11.5 Å². The molecule has 1 N–H and O–H groups in total. The number of aromatic nitrogens is 2. The number of H-pyrrole nitrogens is 1. The third-order valence-corrected chi connectivity index (χ3v) is 7.25. The van der Waals surface area contributed by atoms with Gasteiger partial charge in [-0.2, -0.15) is 0 Å². The highest BCUT2D eigenvalue weighted by molar-refractivity contribution is 7.20. The molecule has 1 saturated carbocycles. The lowest BCUT2D eigenvalue weighted by Gasteiger charge is -2.54. The van der Waals surface area contributed by atoms with E-state index >= 15 is 0 Å². The Morgan fingerprint density at radius 1 is 1.42 bits per heavy atom. The van der Waals surface area contributed by atoms with Gasteiger partial charge in [0.2, 0.25) is 0 Å². The molecule has 2 aromatic heterocycles. The number of fused-ring (bicyclic) bond motifs is 2. The number of thiophene rings is 1. The number of hydrogen-bond acceptors (Lipinski definition) is 6. The minimum atomic E-state index is -0.603. The fourth-order valence-electron chi connectivity index (χ4n) is 4.95. The Hall–Kier alpha value is -2.22. The van der Waals surface area contributed by atoms with Gasteiger partial charge in [-0.1, -0.05) is 13.8 Å². The van der Waals surface area contributed by atoms with Crippen LogP contribution in [0, 0.1) is 23.7 Å². The third-order valence-electron chi connectivity index (χ3n) is 6.06. The lowest BCUT2D eigenvalue weighted by Crippen LogP contribution is -2.57. The molecule has 0 spiro atoms. The molecule has 0 radical (unpaired) electrons. The van der Waals surface area contributed by atoms with E-state index in [2.05, 4.69) is 23.8 Å². The normalized spacial score (nSPS) is 26.5. The van der Waals surface area contributed by atoms with Crippen LogP contribution >= 0.6 is 11.3 Å². The van der Waals surface area contributed by atoms with Gasteiger partial charge in [-0.05, 0) is 30.2 Å². The number of likely N-dealkylation sites (tertiary alicyclic amines) is 1. The van der Waals surface area contributed by atoms with Gasteiger partial charge in [-0.3, -0.25) is 14.4 Å². The zero-order chi connectivity index (χ0) is 18.9. The first-order valence-electron chi connectivity index (χ1n) is 8.56. The summed E-state index contributed by atoms with van der Waals surface area (Å²) in [5.74, 6) is -0.288. The van der Waals surface area contributed by atoms with E-state index in [9.17, 15) is 14.4 Å². The summed E-state index contributed by atoms with van der Waals surface area (Å²) >= 11 is 1.23. The van der Waals surface area contributed by atoms with Crippen molar-refractivity contribution >= 4 is 33.4 Å². The van der Waals surface area contributed by atoms with E-state index in [1.807, 2.05) is 0 Å². The van der Waals surface area contributed by atoms with Crippen molar-refractivity contribution in [3.05, 3.63) is 27.1 Å². The summed E-state index contributed by atoms with van der Waals surface area (Å²) in [5, 5.41) is 0.464. The number of hydrogen-bond donors (Lipinski definition) is 1. The fraction of sp³-hybridized carbons (Fsp3) is 0.556. The van der Waals surface area contributed by atoms with Crippen molar-refractivity contribution in [2.45, 2.75) is 27.2 Å². The topological polar surface area (TPSA) is 92.4 Å². The Morgan fingerprint density at radius 3 is 2.77 bits per heavy atom. The molecular weight excluding hydrogens is 354 g/mol. The summed E-state index contributed by atoms with van der Waals surface area (Å²) in [6.45, 7) is 6.91. The van der Waals surface area contributed by atoms with Gasteiger partial charge < -0.3 is 14.6 Å². The molecule has 26 heavy (non-hydrogen) atoms. The van der Waals surface area contributed by atoms with Crippen LogP contribution in [0.15, 0.2) is 11.1 Å². The molecule has 1 amide bonds. The van der Waals surface area contributed by atoms with Crippen molar-refractivity contribution in [3.63, 3.8) is 0 Å². The number of aryl methyl sites for hydroxylation is 1. The summed E-state index contributed by atoms with van der Waals surface area (Å²) in [5.41, 5.74) is -0.197. The highest BCUT2D eigenvalue weighted by atomic mass is 32.1. The average molecular weight is 375 g/mol. The van der Waals surface area contributed by atoms with Crippen molar-refractivity contribution in [1.29, 1.82) is 0 Å². The summed E-state index contributed by atoms with van der Waals surface area (Å²) < 4.78 is 5.04. The van der Waals surface area contributed by atoms with Crippen LogP contribution in [0.3, 0.4) is 0 Å². The first kappa shape index (κ1) is 17.2. The van der Waals surface area contributed by atoms with Gasteiger partial charge in [0.05, 0.1) is 29.1 Å². The van der Waals surface area contributed by atoms with Crippen molar-refractivity contribution in [3.8, 4) is 0 Å². The van der Waals surface area contributed by atoms with Crippen LogP contribution in [0.2, 0.25) is 0 Å². The summed E-state index contributed by atoms with van der Waals surface area (Å²) in [7, 11) is 1.40. The molecule has 8 heteroatoms. The molecule has 0 aromatic carbocycles. The van der Waals surface area contributed by atoms with E-state index in [4.69, 9.17) is 4.74 Å². The van der Waals surface area contributed by atoms with Crippen LogP contribution in [0.5, 0.6) is 0 Å². The fourth-order valence-corrected chi connectivity index (χ4v) is 6.07. The predicted octanol–water partition coefficient (Wildman–Crippen LogP) is 1.95. The number of aromatic amines is 1. The molecule has 0 bridgehead atoms. The molecule has 1 aliphatic heterocycles. The maximum Gasteiger partial charge on any atom is 0.314 e. The first-order valence-corrected chi connectivity index (χ1v) is 9.37. The molecule has 0 unspecified atom stereocenters. The van der Waals surface area contributed by atoms with E-state index < -0.39 is 5.41 Å². The van der Waals surface area contributed by atoms with Crippen LogP contribution in [0.25, 0.3) is 10.2 Å². The number of amides is 1. The first-order chi connectivity index (χ1) is 12.2. The van der Waals surface area contributed by atoms with Gasteiger partial charge in [0.1, 0.15) is 4.83 Å². The van der Waals surface area contributed by atoms with Crippen molar-refractivity contribution < 1.29 is 14.3 Å². The summed E-state index contributed by atoms with van der Waals surface area (Å²) in [6, 6.07) is 0. The van der Waals surface area contributed by atoms with E-state index in [1.165, 1.54) is 24.8 Å². The molecule has 2 aromatic rings. The number of carbonyl (C=O) groups is 2. The molecule has 2 aliphatic rings. The van der Waals surface area contributed by atoms with Crippen LogP contribution in [-0.2, 0) is 9.53 Å². The number of rotatable bonds is 2. The van der Waals surface area contributed by atoms with E-state index in [1.54, 1.807) is 11.8 Å². The number of nitrogens with zero attached hydrogens (tertiary/aromatic N) is 2. The number of methoxy groups -OCH3 is 1. The summed E-state index contributed by atoms with van der Waals surface area (Å²) in [4.78, 5) is 47.2. The Balaban J connectivity index is 1.70. The largest absolute Gasteiger partial charge is 0.469 e. The van der Waals surface area contributed by atoms with Crippen LogP contribution in [0.4, 0.5) is 0 Å². The molecule has 1 aliphatic carbocycles. The maximum absolute atomic E-state index is 13.2. The molecular formula is C18H21N3O4S. The van der Waals surface area contributed by atoms with Crippen molar-refractivity contribution in [1.82, 2.24) is 14.9 Å². The van der Waals surface area contributed by atoms with Crippen LogP contribution in [-0.4, -0.2) is 46.9 Å². The van der Waals surface area contributed by atoms with E-state index in [0.29, 0.717) is 40.2 Å². The van der Waals surface area contributed by atoms with Crippen LogP contribution in [0.1, 0.15) is 35.5 Å². The summed E-state index contributed by atoms with van der Waals surface area (Å²) in [6.07, 6.45) is 2.06. The zero-order valence-corrected chi connectivity index (χ0v) is 16.0. The van der Waals surface area contributed by atoms with E-state index in [0.717, 1.165) is 0 Å². The Kier molecular flexibility index (Phi) is 3.57. The number of ether oxygens (including phenoxy) is 1. The number of carbonyl (C=O) groups excluding carboxylic acids is 2. The quantitative estimate of drug-likeness (QED) is 0.810. The van der Waals surface area contributed by atoms with E-state index in [-0.39, 0.29) is 28.8 Å². The van der Waals surface area contributed by atoms with Gasteiger partial charge in [0.15, 0.2) is 0 Å². The third kappa shape index (κ3) is 2.11. The second-order valence-electron chi connectivity index (χ2n) is 8.02. The molecule has 7 nitrogen and oxygen atoms in total. The van der Waals surface area contributed by atoms with Gasteiger partial charge in [-0.15, -0.1) is 11.3 Å². The molecule has 2 fully saturated rings. The number of esters is 1. The van der Waals surface area contributed by atoms with Crippen molar-refractivity contribution in [2.24, 2.45) is 16.7 Å². The van der Waals surface area contributed by atoms with Gasteiger partial charge in [-0.25, -0.2) is 4.98 Å². The lowest BCUT2D eigenvalue weighted by molar-refractivity contribution is -0.174. The van der Waals surface area contributed by atoms with Crippen LogP contribution < -0.4 is 5.56 Å². The SMILES string of the molecule is COC(=O)[C@@]12CN(C(=O)c3sc4nc[nH]c(=O)c4c3C)C[C@@H]1C(C)(C)C2. The standard InChI is InChI=1S/C18H21N3O4S/c1-9-11-13(22)19-8-20-14(11)26-12(9)15(23)21-5-10-17(2,3)6-18(10,7-21)16(24)25-4/h8,10H,5-7H2,1-4H3,(H,19,20,22)/t10-,18+/m1/s1. The molecule has 1 saturated heterocycles. The van der Waals surface area contributed by atoms with Crippen molar-refractivity contribution in [2.75, 3.05) is 20.2 Å². The maximum atomic E-state index is 13.2. The highest BCUT2D eigenvalue weighted by Gasteiger charge is 2.68. The second kappa shape index (κ2) is 5.39. The van der Waals surface area contributed by atoms with Gasteiger partial charge >= 0.3 is 5.97 Å². The number of nitrogens with one attached hydrogen (secondary N) is 1. The minimum Gasteiger partial charge on any atom is -0.469 e. The Labute approximate surface area is 154 Å².